The van der Waals surface area contributed by atoms with Gasteiger partial charge in [0.05, 0.1) is 16.8 Å². The fraction of sp³-hybridized carbons (Fsp3) is 0.222. The van der Waals surface area contributed by atoms with Crippen LogP contribution in [0.4, 0.5) is 4.39 Å². The molecule has 1 aromatic carbocycles. The summed E-state index contributed by atoms with van der Waals surface area (Å²) in [6.07, 6.45) is 1.51. The van der Waals surface area contributed by atoms with E-state index in [0.717, 1.165) is 16.6 Å². The van der Waals surface area contributed by atoms with E-state index < -0.39 is 5.91 Å². The number of aliphatic hydroxyl groups excluding tert-OH is 1. The maximum Gasteiger partial charge on any atom is 0.257 e. The Kier molecular flexibility index (Phi) is 4.69. The van der Waals surface area contributed by atoms with Crippen LogP contribution in [-0.2, 0) is 20.2 Å². The second-order valence-corrected chi connectivity index (χ2v) is 6.88. The van der Waals surface area contributed by atoms with E-state index >= 15 is 0 Å². The van der Waals surface area contributed by atoms with Gasteiger partial charge in [0.2, 0.25) is 5.43 Å². The number of thiophene rings is 1. The van der Waals surface area contributed by atoms with Gasteiger partial charge in [-0.05, 0) is 30.2 Å². The molecule has 130 valence electrons. The Morgan fingerprint density at radius 2 is 2.00 bits per heavy atom. The first-order valence-electron chi connectivity index (χ1n) is 7.67. The molecule has 0 radical (unpaired) electrons. The summed E-state index contributed by atoms with van der Waals surface area (Å²) in [6.45, 7) is 1.90. The number of nitrogens with zero attached hydrogens (tertiary/aromatic N) is 1. The van der Waals surface area contributed by atoms with E-state index in [4.69, 9.17) is 0 Å². The summed E-state index contributed by atoms with van der Waals surface area (Å²) in [5.41, 5.74) is 2.01. The molecule has 0 bridgehead atoms. The Labute approximate surface area is 147 Å². The van der Waals surface area contributed by atoms with E-state index in [2.05, 4.69) is 5.32 Å². The molecule has 25 heavy (non-hydrogen) atoms. The third kappa shape index (κ3) is 3.20. The molecule has 7 heteroatoms. The first kappa shape index (κ1) is 17.3. The molecule has 0 saturated carbocycles. The number of carbonyl (C=O) groups is 1. The lowest BCUT2D eigenvalue weighted by Crippen LogP contribution is -2.29. The van der Waals surface area contributed by atoms with E-state index in [0.29, 0.717) is 9.58 Å². The number of pyridine rings is 1. The van der Waals surface area contributed by atoms with Crippen molar-refractivity contribution in [1.29, 1.82) is 0 Å². The molecule has 0 saturated heterocycles. The second kappa shape index (κ2) is 6.78. The Balaban J connectivity index is 1.92. The van der Waals surface area contributed by atoms with Gasteiger partial charge in [0.1, 0.15) is 11.4 Å². The highest BCUT2D eigenvalue weighted by atomic mass is 32.1. The Hall–Kier alpha value is -2.51. The Morgan fingerprint density at radius 3 is 2.64 bits per heavy atom. The van der Waals surface area contributed by atoms with E-state index in [1.807, 2.05) is 6.92 Å². The van der Waals surface area contributed by atoms with Crippen molar-refractivity contribution < 1.29 is 14.3 Å². The van der Waals surface area contributed by atoms with Crippen LogP contribution in [0.1, 0.15) is 26.4 Å². The molecule has 0 spiro atoms. The van der Waals surface area contributed by atoms with Gasteiger partial charge < -0.3 is 15.0 Å². The quantitative estimate of drug-likeness (QED) is 0.751. The maximum absolute atomic E-state index is 12.9. The Bertz CT molecular complexity index is 1010. The predicted octanol–water partition coefficient (Wildman–Crippen LogP) is 2.47. The van der Waals surface area contributed by atoms with E-state index in [1.165, 1.54) is 29.7 Å². The third-order valence-electron chi connectivity index (χ3n) is 4.09. The van der Waals surface area contributed by atoms with Crippen molar-refractivity contribution in [2.45, 2.75) is 20.1 Å². The number of aromatic nitrogens is 1. The molecule has 0 atom stereocenters. The highest BCUT2D eigenvalue weighted by Gasteiger charge is 2.19. The molecule has 3 rings (SSSR count). The fourth-order valence-electron chi connectivity index (χ4n) is 2.76. The van der Waals surface area contributed by atoms with Crippen molar-refractivity contribution in [2.75, 3.05) is 0 Å². The van der Waals surface area contributed by atoms with Crippen LogP contribution in [0.3, 0.4) is 0 Å². The van der Waals surface area contributed by atoms with Crippen LogP contribution >= 0.6 is 11.3 Å². The number of fused-ring (bicyclic) bond motifs is 1. The monoisotopic (exact) mass is 360 g/mol. The zero-order valence-corrected chi connectivity index (χ0v) is 14.6. The highest BCUT2D eigenvalue weighted by molar-refractivity contribution is 7.19. The molecule has 2 aromatic heterocycles. The van der Waals surface area contributed by atoms with Gasteiger partial charge >= 0.3 is 0 Å². The molecular weight excluding hydrogens is 343 g/mol. The number of amides is 1. The second-order valence-electron chi connectivity index (χ2n) is 5.78. The predicted molar refractivity (Wildman–Crippen MR) is 95.3 cm³/mol. The number of nitrogens with one attached hydrogen (secondary N) is 1. The number of halogens is 1. The van der Waals surface area contributed by atoms with Crippen molar-refractivity contribution in [3.05, 3.63) is 68.1 Å². The van der Waals surface area contributed by atoms with E-state index in [-0.39, 0.29) is 30.0 Å². The molecule has 3 aromatic rings. The van der Waals surface area contributed by atoms with Crippen LogP contribution in [-0.4, -0.2) is 15.6 Å². The minimum Gasteiger partial charge on any atom is -0.391 e. The van der Waals surface area contributed by atoms with Gasteiger partial charge in [0.15, 0.2) is 0 Å². The molecule has 0 aliphatic carbocycles. The normalized spacial score (nSPS) is 11.0. The van der Waals surface area contributed by atoms with Gasteiger partial charge in [-0.15, -0.1) is 11.3 Å². The van der Waals surface area contributed by atoms with Gasteiger partial charge in [-0.2, -0.15) is 0 Å². The van der Waals surface area contributed by atoms with Gasteiger partial charge in [0.25, 0.3) is 5.91 Å². The number of hydrogen-bond donors (Lipinski definition) is 2. The van der Waals surface area contributed by atoms with Gasteiger partial charge in [0, 0.05) is 24.7 Å². The van der Waals surface area contributed by atoms with Crippen molar-refractivity contribution in [2.24, 2.45) is 7.05 Å². The molecule has 5 nitrogen and oxygen atoms in total. The van der Waals surface area contributed by atoms with Gasteiger partial charge in [-0.3, -0.25) is 9.59 Å². The largest absolute Gasteiger partial charge is 0.391 e. The van der Waals surface area contributed by atoms with Gasteiger partial charge in [-0.1, -0.05) is 12.1 Å². The van der Waals surface area contributed by atoms with Crippen molar-refractivity contribution in [3.63, 3.8) is 0 Å². The summed E-state index contributed by atoms with van der Waals surface area (Å²) in [5, 5.41) is 12.1. The number of aliphatic hydroxyl groups is 1. The number of benzene rings is 1. The van der Waals surface area contributed by atoms with Gasteiger partial charge in [-0.25, -0.2) is 4.39 Å². The molecule has 0 aliphatic heterocycles. The summed E-state index contributed by atoms with van der Waals surface area (Å²) >= 11 is 1.21. The Morgan fingerprint density at radius 1 is 1.32 bits per heavy atom. The lowest BCUT2D eigenvalue weighted by atomic mass is 10.1. The zero-order valence-electron chi connectivity index (χ0n) is 13.8. The highest BCUT2D eigenvalue weighted by Crippen LogP contribution is 2.28. The smallest absolute Gasteiger partial charge is 0.257 e. The first-order chi connectivity index (χ1) is 11.9. The molecule has 2 N–H and O–H groups in total. The molecule has 2 heterocycles. The van der Waals surface area contributed by atoms with Crippen molar-refractivity contribution in [1.82, 2.24) is 9.88 Å². The van der Waals surface area contributed by atoms with Crippen LogP contribution in [0, 0.1) is 12.7 Å². The summed E-state index contributed by atoms with van der Waals surface area (Å²) in [7, 11) is 1.76. The summed E-state index contributed by atoms with van der Waals surface area (Å²) in [5.74, 6) is -0.828. The van der Waals surface area contributed by atoms with Crippen LogP contribution < -0.4 is 10.7 Å². The summed E-state index contributed by atoms with van der Waals surface area (Å²) in [4.78, 5) is 25.8. The average Bonchev–Trinajstić information content (AvgIpc) is 2.95. The fourth-order valence-corrected chi connectivity index (χ4v) is 3.92. The number of aryl methyl sites for hydroxylation is 2. The average molecular weight is 360 g/mol. The topological polar surface area (TPSA) is 71.3 Å². The lowest BCUT2D eigenvalue weighted by molar-refractivity contribution is 0.0949. The zero-order chi connectivity index (χ0) is 18.1. The lowest BCUT2D eigenvalue weighted by Gasteiger charge is -2.08. The molecule has 0 unspecified atom stereocenters. The van der Waals surface area contributed by atoms with Crippen LogP contribution in [0.15, 0.2) is 35.3 Å². The first-order valence-corrected chi connectivity index (χ1v) is 8.49. The SMILES string of the molecule is Cc1c(CO)sc2c(=O)c(C(=O)NCc3ccc(F)cc3)cn(C)c12. The summed E-state index contributed by atoms with van der Waals surface area (Å²) < 4.78 is 15.1. The summed E-state index contributed by atoms with van der Waals surface area (Å²) in [6, 6.07) is 5.79. The van der Waals surface area contributed by atoms with Crippen molar-refractivity contribution in [3.8, 4) is 0 Å². The standard InChI is InChI=1S/C18H17FN2O3S/c1-10-14(9-22)25-17-15(10)21(2)8-13(16(17)23)18(24)20-7-11-3-5-12(19)6-4-11/h3-6,8,22H,7,9H2,1-2H3,(H,20,24). The maximum atomic E-state index is 12.9. The van der Waals surface area contributed by atoms with Crippen molar-refractivity contribution >= 4 is 27.5 Å². The van der Waals surface area contributed by atoms with E-state index in [1.54, 1.807) is 23.7 Å². The molecular formula is C18H17FN2O3S. The molecule has 0 fully saturated rings. The molecule has 1 amide bonds. The third-order valence-corrected chi connectivity index (χ3v) is 5.36. The van der Waals surface area contributed by atoms with Crippen LogP contribution in [0.25, 0.3) is 10.2 Å². The van der Waals surface area contributed by atoms with E-state index in [9.17, 15) is 19.1 Å². The molecule has 0 aliphatic rings. The number of carbonyl (C=O) groups excluding carboxylic acids is 1. The minimum atomic E-state index is -0.483. The van der Waals surface area contributed by atoms with Crippen LogP contribution in [0.5, 0.6) is 0 Å². The van der Waals surface area contributed by atoms with Crippen LogP contribution in [0.2, 0.25) is 0 Å². The number of hydrogen-bond acceptors (Lipinski definition) is 4. The number of rotatable bonds is 4. The minimum absolute atomic E-state index is 0.0443.